The smallest absolute Gasteiger partial charge is 0.145 e. The predicted octanol–water partition coefficient (Wildman–Crippen LogP) is 1.04. The van der Waals surface area contributed by atoms with E-state index >= 15 is 0 Å². The van der Waals surface area contributed by atoms with Crippen LogP contribution in [0.3, 0.4) is 0 Å². The maximum absolute atomic E-state index is 8.98. The Kier molecular flexibility index (Phi) is 3.17. The summed E-state index contributed by atoms with van der Waals surface area (Å²) in [7, 11) is 0. The molecule has 4 nitrogen and oxygen atoms in total. The van der Waals surface area contributed by atoms with E-state index < -0.39 is 0 Å². The van der Waals surface area contributed by atoms with E-state index in [4.69, 9.17) is 5.11 Å². The molecule has 5 heteroatoms. The fourth-order valence-electron chi connectivity index (χ4n) is 1.47. The van der Waals surface area contributed by atoms with E-state index in [2.05, 4.69) is 37.5 Å². The van der Waals surface area contributed by atoms with Crippen LogP contribution in [0, 0.1) is 3.57 Å². The van der Waals surface area contributed by atoms with Crippen molar-refractivity contribution in [3.63, 3.8) is 0 Å². The molecule has 1 fully saturated rings. The van der Waals surface area contributed by atoms with E-state index in [-0.39, 0.29) is 6.61 Å². The Morgan fingerprint density at radius 1 is 1.57 bits per heavy atom. The first-order valence-electron chi connectivity index (χ1n) is 4.66. The lowest BCUT2D eigenvalue weighted by atomic mass is 10.4. The van der Waals surface area contributed by atoms with Crippen LogP contribution in [0.5, 0.6) is 0 Å². The van der Waals surface area contributed by atoms with E-state index in [1.807, 2.05) is 0 Å². The highest BCUT2D eigenvalue weighted by atomic mass is 127. The van der Waals surface area contributed by atoms with Gasteiger partial charge in [-0.3, -0.25) is 0 Å². The van der Waals surface area contributed by atoms with Gasteiger partial charge in [-0.25, -0.2) is 9.97 Å². The highest BCUT2D eigenvalue weighted by Crippen LogP contribution is 2.31. The maximum atomic E-state index is 8.98. The lowest BCUT2D eigenvalue weighted by Crippen LogP contribution is -2.30. The van der Waals surface area contributed by atoms with Gasteiger partial charge in [-0.1, -0.05) is 0 Å². The van der Waals surface area contributed by atoms with Gasteiger partial charge >= 0.3 is 0 Å². The van der Waals surface area contributed by atoms with E-state index in [9.17, 15) is 0 Å². The van der Waals surface area contributed by atoms with Crippen molar-refractivity contribution in [2.24, 2.45) is 0 Å². The minimum atomic E-state index is 0.177. The van der Waals surface area contributed by atoms with E-state index in [0.717, 1.165) is 9.39 Å². The monoisotopic (exact) mass is 305 g/mol. The number of hydrogen-bond acceptors (Lipinski definition) is 4. The summed E-state index contributed by atoms with van der Waals surface area (Å²) >= 11 is 2.23. The van der Waals surface area contributed by atoms with Crippen LogP contribution in [0.15, 0.2) is 12.5 Å². The number of aliphatic hydroxyl groups excluding tert-OH is 1. The zero-order valence-corrected chi connectivity index (χ0v) is 9.88. The van der Waals surface area contributed by atoms with Gasteiger partial charge in [0, 0.05) is 18.8 Å². The number of aromatic nitrogens is 2. The molecule has 0 amide bonds. The fourth-order valence-corrected chi connectivity index (χ4v) is 2.08. The minimum absolute atomic E-state index is 0.177. The van der Waals surface area contributed by atoms with Crippen LogP contribution in [0.4, 0.5) is 5.82 Å². The van der Waals surface area contributed by atoms with E-state index in [1.54, 1.807) is 12.5 Å². The summed E-state index contributed by atoms with van der Waals surface area (Å²) in [6.45, 7) is 0.842. The molecule has 14 heavy (non-hydrogen) atoms. The second-order valence-electron chi connectivity index (χ2n) is 3.34. The molecule has 1 aliphatic carbocycles. The van der Waals surface area contributed by atoms with Gasteiger partial charge in [-0.15, -0.1) is 0 Å². The minimum Gasteiger partial charge on any atom is -0.395 e. The average molecular weight is 305 g/mol. The summed E-state index contributed by atoms with van der Waals surface area (Å²) in [5.41, 5.74) is 0. The number of rotatable bonds is 4. The van der Waals surface area contributed by atoms with Gasteiger partial charge in [0.25, 0.3) is 0 Å². The molecule has 1 heterocycles. The molecule has 2 rings (SSSR count). The van der Waals surface area contributed by atoms with Crippen molar-refractivity contribution in [3.8, 4) is 0 Å². The molecule has 1 saturated carbocycles. The van der Waals surface area contributed by atoms with Crippen molar-refractivity contribution in [2.75, 3.05) is 18.1 Å². The molecule has 1 aromatic rings. The second-order valence-corrected chi connectivity index (χ2v) is 4.50. The lowest BCUT2D eigenvalue weighted by Gasteiger charge is -2.22. The van der Waals surface area contributed by atoms with Gasteiger partial charge in [0.15, 0.2) is 0 Å². The Hall–Kier alpha value is -0.430. The van der Waals surface area contributed by atoms with Crippen LogP contribution in [0.1, 0.15) is 12.8 Å². The molecule has 0 spiro atoms. The van der Waals surface area contributed by atoms with Gasteiger partial charge in [0.2, 0.25) is 0 Å². The van der Waals surface area contributed by atoms with Crippen molar-refractivity contribution in [1.82, 2.24) is 9.97 Å². The lowest BCUT2D eigenvalue weighted by molar-refractivity contribution is 0.301. The second kappa shape index (κ2) is 4.39. The zero-order chi connectivity index (χ0) is 9.97. The molecule has 1 aliphatic rings. The van der Waals surface area contributed by atoms with Crippen LogP contribution >= 0.6 is 22.6 Å². The van der Waals surface area contributed by atoms with Crippen molar-refractivity contribution >= 4 is 28.4 Å². The van der Waals surface area contributed by atoms with Gasteiger partial charge < -0.3 is 10.0 Å². The van der Waals surface area contributed by atoms with Crippen LogP contribution in [-0.4, -0.2) is 34.3 Å². The van der Waals surface area contributed by atoms with Gasteiger partial charge in [-0.05, 0) is 35.4 Å². The molecule has 1 aromatic heterocycles. The normalized spacial score (nSPS) is 15.6. The van der Waals surface area contributed by atoms with Crippen LogP contribution < -0.4 is 4.90 Å². The number of hydrogen-bond donors (Lipinski definition) is 1. The molecule has 0 aliphatic heterocycles. The molecule has 0 bridgehead atoms. The van der Waals surface area contributed by atoms with Gasteiger partial charge in [0.1, 0.15) is 12.1 Å². The topological polar surface area (TPSA) is 49.2 Å². The van der Waals surface area contributed by atoms with Crippen molar-refractivity contribution < 1.29 is 5.11 Å². The molecular weight excluding hydrogens is 293 g/mol. The summed E-state index contributed by atoms with van der Waals surface area (Å²) in [5.74, 6) is 0.956. The molecular formula is C9H12IN3O. The predicted molar refractivity (Wildman–Crippen MR) is 62.2 cm³/mol. The molecule has 1 N–H and O–H groups in total. The highest BCUT2D eigenvalue weighted by Gasteiger charge is 2.30. The summed E-state index contributed by atoms with van der Waals surface area (Å²) in [5, 5.41) is 8.98. The first-order valence-corrected chi connectivity index (χ1v) is 5.74. The largest absolute Gasteiger partial charge is 0.395 e. The molecule has 0 saturated heterocycles. The zero-order valence-electron chi connectivity index (χ0n) is 7.73. The number of nitrogens with zero attached hydrogens (tertiary/aromatic N) is 3. The molecule has 0 radical (unpaired) electrons. The summed E-state index contributed by atoms with van der Waals surface area (Å²) in [6, 6.07) is 0.575. The van der Waals surface area contributed by atoms with Crippen LogP contribution in [0.25, 0.3) is 0 Å². The fraction of sp³-hybridized carbons (Fsp3) is 0.556. The third-order valence-electron chi connectivity index (χ3n) is 2.25. The van der Waals surface area contributed by atoms with Crippen molar-refractivity contribution in [1.29, 1.82) is 0 Å². The van der Waals surface area contributed by atoms with E-state index in [0.29, 0.717) is 12.6 Å². The molecule has 0 aromatic carbocycles. The SMILES string of the molecule is OCCN(c1ncncc1I)C1CC1. The quantitative estimate of drug-likeness (QED) is 0.845. The Bertz CT molecular complexity index is 317. The van der Waals surface area contributed by atoms with Crippen molar-refractivity contribution in [3.05, 3.63) is 16.1 Å². The van der Waals surface area contributed by atoms with Gasteiger partial charge in [-0.2, -0.15) is 0 Å². The maximum Gasteiger partial charge on any atom is 0.145 e. The standard InChI is InChI=1S/C9H12IN3O/c10-8-5-11-6-12-9(8)13(3-4-14)7-1-2-7/h5-7,14H,1-4H2. The third kappa shape index (κ3) is 2.14. The molecule has 0 unspecified atom stereocenters. The average Bonchev–Trinajstić information content (AvgIpc) is 2.99. The summed E-state index contributed by atoms with van der Waals surface area (Å²) in [6.07, 6.45) is 5.78. The van der Waals surface area contributed by atoms with Gasteiger partial charge in [0.05, 0.1) is 10.2 Å². The Labute approximate surface area is 96.5 Å². The first-order chi connectivity index (χ1) is 6.83. The molecule has 76 valence electrons. The number of halogens is 1. The Morgan fingerprint density at radius 3 is 2.93 bits per heavy atom. The van der Waals surface area contributed by atoms with E-state index in [1.165, 1.54) is 12.8 Å². The third-order valence-corrected chi connectivity index (χ3v) is 3.01. The van der Waals surface area contributed by atoms with Crippen LogP contribution in [-0.2, 0) is 0 Å². The highest BCUT2D eigenvalue weighted by molar-refractivity contribution is 14.1. The number of anilines is 1. The first kappa shape index (κ1) is 10.1. The Morgan fingerprint density at radius 2 is 2.36 bits per heavy atom. The summed E-state index contributed by atoms with van der Waals surface area (Å²) in [4.78, 5) is 10.4. The van der Waals surface area contributed by atoms with Crippen molar-refractivity contribution in [2.45, 2.75) is 18.9 Å². The molecule has 0 atom stereocenters. The number of aliphatic hydroxyl groups is 1. The summed E-state index contributed by atoms with van der Waals surface area (Å²) < 4.78 is 1.05. The van der Waals surface area contributed by atoms with Crippen LogP contribution in [0.2, 0.25) is 0 Å². The Balaban J connectivity index is 2.21.